The molecule has 2 saturated heterocycles. The zero-order valence-electron chi connectivity index (χ0n) is 13.1. The summed E-state index contributed by atoms with van der Waals surface area (Å²) in [6.07, 6.45) is 9.83. The third-order valence-electron chi connectivity index (χ3n) is 4.63. The molecule has 1 aromatic rings. The summed E-state index contributed by atoms with van der Waals surface area (Å²) < 4.78 is 5.70. The van der Waals surface area contributed by atoms with Crippen LogP contribution in [0, 0.1) is 0 Å². The predicted molar refractivity (Wildman–Crippen MR) is 83.5 cm³/mol. The molecular weight excluding hydrogens is 280 g/mol. The second-order valence-electron chi connectivity index (χ2n) is 6.38. The molecule has 2 N–H and O–H groups in total. The Kier molecular flexibility index (Phi) is 5.45. The Balaban J connectivity index is 1.32. The van der Waals surface area contributed by atoms with Gasteiger partial charge in [0.2, 0.25) is 5.91 Å². The summed E-state index contributed by atoms with van der Waals surface area (Å²) in [5, 5.41) is 9.83. The second kappa shape index (κ2) is 7.74. The number of H-pyrrole nitrogens is 1. The average molecular weight is 306 g/mol. The number of nitrogens with zero attached hydrogens (tertiary/aromatic N) is 2. The minimum atomic E-state index is 0.152. The van der Waals surface area contributed by atoms with Gasteiger partial charge in [0.15, 0.2) is 0 Å². The van der Waals surface area contributed by atoms with Crippen LogP contribution in [0.1, 0.15) is 37.7 Å². The van der Waals surface area contributed by atoms with Crippen LogP contribution in [0.5, 0.6) is 0 Å². The van der Waals surface area contributed by atoms with Crippen LogP contribution in [0.4, 0.5) is 0 Å². The number of nitrogens with one attached hydrogen (secondary N) is 2. The Morgan fingerprint density at radius 1 is 1.41 bits per heavy atom. The van der Waals surface area contributed by atoms with Gasteiger partial charge in [-0.1, -0.05) is 0 Å². The lowest BCUT2D eigenvalue weighted by molar-refractivity contribution is -0.122. The standard InChI is InChI=1S/C16H26N4O2/c21-16(4-3-13-10-17-18-11-13)19-14-5-7-20(8-6-14)12-15-2-1-9-22-15/h10-11,14-15H,1-9,12H2,(H,17,18)(H,19,21)/t15-/m1/s1. The van der Waals surface area contributed by atoms with E-state index in [1.807, 2.05) is 6.20 Å². The van der Waals surface area contributed by atoms with Crippen LogP contribution in [0.25, 0.3) is 0 Å². The van der Waals surface area contributed by atoms with Gasteiger partial charge in [-0.2, -0.15) is 5.10 Å². The van der Waals surface area contributed by atoms with Crippen molar-refractivity contribution in [2.24, 2.45) is 0 Å². The van der Waals surface area contributed by atoms with Crippen molar-refractivity contribution in [3.8, 4) is 0 Å². The highest BCUT2D eigenvalue weighted by atomic mass is 16.5. The molecule has 6 heteroatoms. The van der Waals surface area contributed by atoms with Crippen molar-refractivity contribution >= 4 is 5.91 Å². The normalized spacial score (nSPS) is 23.7. The molecule has 2 fully saturated rings. The van der Waals surface area contributed by atoms with Crippen molar-refractivity contribution in [1.82, 2.24) is 20.4 Å². The molecule has 0 unspecified atom stereocenters. The smallest absolute Gasteiger partial charge is 0.220 e. The van der Waals surface area contributed by atoms with Gasteiger partial charge in [-0.3, -0.25) is 9.89 Å². The first-order chi connectivity index (χ1) is 10.8. The van der Waals surface area contributed by atoms with E-state index < -0.39 is 0 Å². The minimum absolute atomic E-state index is 0.152. The first-order valence-corrected chi connectivity index (χ1v) is 8.40. The Morgan fingerprint density at radius 3 is 2.95 bits per heavy atom. The number of hydrogen-bond acceptors (Lipinski definition) is 4. The van der Waals surface area contributed by atoms with Gasteiger partial charge in [0.05, 0.1) is 12.3 Å². The van der Waals surface area contributed by atoms with Crippen molar-refractivity contribution < 1.29 is 9.53 Å². The van der Waals surface area contributed by atoms with E-state index in [1.165, 1.54) is 12.8 Å². The molecule has 22 heavy (non-hydrogen) atoms. The number of aromatic amines is 1. The summed E-state index contributed by atoms with van der Waals surface area (Å²) in [6.45, 7) is 4.11. The summed E-state index contributed by atoms with van der Waals surface area (Å²) in [6, 6.07) is 0.331. The molecular formula is C16H26N4O2. The maximum Gasteiger partial charge on any atom is 0.220 e. The van der Waals surface area contributed by atoms with E-state index in [1.54, 1.807) is 6.20 Å². The van der Waals surface area contributed by atoms with Gasteiger partial charge < -0.3 is 15.0 Å². The summed E-state index contributed by atoms with van der Waals surface area (Å²) >= 11 is 0. The van der Waals surface area contributed by atoms with Crippen LogP contribution >= 0.6 is 0 Å². The molecule has 0 radical (unpaired) electrons. The zero-order valence-corrected chi connectivity index (χ0v) is 13.1. The molecule has 0 aliphatic carbocycles. The highest BCUT2D eigenvalue weighted by Crippen LogP contribution is 2.17. The highest BCUT2D eigenvalue weighted by Gasteiger charge is 2.24. The molecule has 0 saturated carbocycles. The molecule has 1 aromatic heterocycles. The Hall–Kier alpha value is -1.40. The number of piperidine rings is 1. The molecule has 1 atom stereocenters. The predicted octanol–water partition coefficient (Wildman–Crippen LogP) is 1.10. The average Bonchev–Trinajstić information content (AvgIpc) is 3.20. The lowest BCUT2D eigenvalue weighted by atomic mass is 10.0. The molecule has 0 spiro atoms. The molecule has 122 valence electrons. The van der Waals surface area contributed by atoms with Gasteiger partial charge >= 0.3 is 0 Å². The van der Waals surface area contributed by atoms with Crippen LogP contribution in [0.15, 0.2) is 12.4 Å². The Bertz CT molecular complexity index is 449. The third kappa shape index (κ3) is 4.55. The zero-order chi connectivity index (χ0) is 15.2. The number of aromatic nitrogens is 2. The molecule has 3 heterocycles. The second-order valence-corrected chi connectivity index (χ2v) is 6.38. The molecule has 0 aromatic carbocycles. The fourth-order valence-electron chi connectivity index (χ4n) is 3.31. The van der Waals surface area contributed by atoms with Crippen LogP contribution in [-0.4, -0.2) is 59.4 Å². The number of carbonyl (C=O) groups is 1. The monoisotopic (exact) mass is 306 g/mol. The van der Waals surface area contributed by atoms with Crippen LogP contribution < -0.4 is 5.32 Å². The fourth-order valence-corrected chi connectivity index (χ4v) is 3.31. The Morgan fingerprint density at radius 2 is 2.27 bits per heavy atom. The summed E-state index contributed by atoms with van der Waals surface area (Å²) in [4.78, 5) is 14.5. The van der Waals surface area contributed by atoms with Crippen LogP contribution in [0.2, 0.25) is 0 Å². The van der Waals surface area contributed by atoms with Gasteiger partial charge in [-0.25, -0.2) is 0 Å². The summed E-state index contributed by atoms with van der Waals surface area (Å²) in [5.74, 6) is 0.152. The van der Waals surface area contributed by atoms with Crippen molar-refractivity contribution in [1.29, 1.82) is 0 Å². The lowest BCUT2D eigenvalue weighted by Crippen LogP contribution is -2.46. The molecule has 3 rings (SSSR count). The number of rotatable bonds is 6. The topological polar surface area (TPSA) is 70.2 Å². The lowest BCUT2D eigenvalue weighted by Gasteiger charge is -2.33. The molecule has 1 amide bonds. The number of aryl methyl sites for hydroxylation is 1. The van der Waals surface area contributed by atoms with E-state index in [0.29, 0.717) is 18.6 Å². The number of ether oxygens (including phenoxy) is 1. The number of amides is 1. The van der Waals surface area contributed by atoms with E-state index in [0.717, 1.165) is 51.1 Å². The quantitative estimate of drug-likeness (QED) is 0.826. The van der Waals surface area contributed by atoms with E-state index in [2.05, 4.69) is 20.4 Å². The molecule has 0 bridgehead atoms. The third-order valence-corrected chi connectivity index (χ3v) is 4.63. The van der Waals surface area contributed by atoms with Crippen molar-refractivity contribution in [3.05, 3.63) is 18.0 Å². The largest absolute Gasteiger partial charge is 0.377 e. The van der Waals surface area contributed by atoms with Crippen molar-refractivity contribution in [2.45, 2.75) is 50.7 Å². The number of hydrogen-bond donors (Lipinski definition) is 2. The fraction of sp³-hybridized carbons (Fsp3) is 0.750. The number of carbonyl (C=O) groups excluding carboxylic acids is 1. The van der Waals surface area contributed by atoms with E-state index in [9.17, 15) is 4.79 Å². The highest BCUT2D eigenvalue weighted by molar-refractivity contribution is 5.76. The van der Waals surface area contributed by atoms with E-state index in [4.69, 9.17) is 4.74 Å². The van der Waals surface area contributed by atoms with Crippen molar-refractivity contribution in [3.63, 3.8) is 0 Å². The van der Waals surface area contributed by atoms with Crippen molar-refractivity contribution in [2.75, 3.05) is 26.2 Å². The minimum Gasteiger partial charge on any atom is -0.377 e. The molecule has 2 aliphatic heterocycles. The summed E-state index contributed by atoms with van der Waals surface area (Å²) in [7, 11) is 0. The maximum atomic E-state index is 12.0. The van der Waals surface area contributed by atoms with Gasteiger partial charge in [-0.15, -0.1) is 0 Å². The van der Waals surface area contributed by atoms with Gasteiger partial charge in [0.25, 0.3) is 0 Å². The molecule has 6 nitrogen and oxygen atoms in total. The number of likely N-dealkylation sites (tertiary alicyclic amines) is 1. The van der Waals surface area contributed by atoms with Crippen LogP contribution in [-0.2, 0) is 16.0 Å². The van der Waals surface area contributed by atoms with Gasteiger partial charge in [-0.05, 0) is 37.7 Å². The molecule has 2 aliphatic rings. The maximum absolute atomic E-state index is 12.0. The SMILES string of the molecule is O=C(CCc1cn[nH]c1)NC1CCN(C[C@H]2CCCO2)CC1. The van der Waals surface area contributed by atoms with Gasteiger partial charge in [0.1, 0.15) is 0 Å². The van der Waals surface area contributed by atoms with Crippen LogP contribution in [0.3, 0.4) is 0 Å². The van der Waals surface area contributed by atoms with E-state index in [-0.39, 0.29) is 5.91 Å². The van der Waals surface area contributed by atoms with E-state index >= 15 is 0 Å². The Labute approximate surface area is 131 Å². The summed E-state index contributed by atoms with van der Waals surface area (Å²) in [5.41, 5.74) is 1.08. The first-order valence-electron chi connectivity index (χ1n) is 8.40. The van der Waals surface area contributed by atoms with Gasteiger partial charge in [0, 0.05) is 44.9 Å². The first kappa shape index (κ1) is 15.5.